The van der Waals surface area contributed by atoms with Gasteiger partial charge >= 0.3 is 0 Å². The molecular weight excluding hydrogens is 552 g/mol. The summed E-state index contributed by atoms with van der Waals surface area (Å²) in [4.78, 5) is 68.0. The first-order valence-electron chi connectivity index (χ1n) is 12.0. The Labute approximate surface area is 243 Å². The molecule has 0 aromatic rings. The van der Waals surface area contributed by atoms with E-state index in [9.17, 15) is 28.8 Å². The predicted molar refractivity (Wildman–Crippen MR) is 150 cm³/mol. The molecule has 2 aliphatic heterocycles. The minimum absolute atomic E-state index is 0.222. The van der Waals surface area contributed by atoms with Crippen LogP contribution in [0.1, 0.15) is 0 Å². The van der Waals surface area contributed by atoms with E-state index >= 15 is 0 Å². The van der Waals surface area contributed by atoms with Gasteiger partial charge in [-0.3, -0.25) is 61.3 Å². The van der Waals surface area contributed by atoms with E-state index < -0.39 is 35.4 Å². The zero-order valence-electron chi connectivity index (χ0n) is 23.1. The molecule has 6 amide bonds. The number of hydrogen-bond donors (Lipinski definition) is 6. The molecule has 0 unspecified atom stereocenters. The summed E-state index contributed by atoms with van der Waals surface area (Å²) < 4.78 is 0. The molecule has 2 heterocycles. The average Bonchev–Trinajstić information content (AvgIpc) is 2.96. The summed E-state index contributed by atoms with van der Waals surface area (Å²) in [5, 5.41) is 8.92. The van der Waals surface area contributed by atoms with E-state index in [0.717, 1.165) is 36.5 Å². The second-order valence-corrected chi connectivity index (χ2v) is 8.17. The number of hydrazine groups is 6. The van der Waals surface area contributed by atoms with Crippen molar-refractivity contribution < 1.29 is 28.8 Å². The van der Waals surface area contributed by atoms with Gasteiger partial charge in [-0.25, -0.2) is 0 Å². The summed E-state index contributed by atoms with van der Waals surface area (Å²) in [6, 6.07) is 0. The van der Waals surface area contributed by atoms with E-state index in [1.54, 1.807) is 0 Å². The molecule has 0 saturated carbocycles. The van der Waals surface area contributed by atoms with E-state index in [1.165, 1.54) is 30.1 Å². The van der Waals surface area contributed by atoms with Crippen LogP contribution in [0.4, 0.5) is 0 Å². The van der Waals surface area contributed by atoms with Crippen LogP contribution >= 0.6 is 0 Å². The van der Waals surface area contributed by atoms with E-state index in [2.05, 4.69) is 72.0 Å². The maximum atomic E-state index is 11.3. The van der Waals surface area contributed by atoms with Crippen LogP contribution in [-0.4, -0.2) is 106 Å². The first kappa shape index (κ1) is 35.0. The zero-order chi connectivity index (χ0) is 31.7. The van der Waals surface area contributed by atoms with Crippen molar-refractivity contribution in [2.24, 2.45) is 0 Å². The van der Waals surface area contributed by atoms with Crippen LogP contribution in [0.15, 0.2) is 75.9 Å². The van der Waals surface area contributed by atoms with E-state index in [0.29, 0.717) is 0 Å². The third-order valence-corrected chi connectivity index (χ3v) is 4.77. The Morgan fingerprint density at radius 2 is 0.452 bits per heavy atom. The molecule has 2 aliphatic rings. The molecule has 0 bridgehead atoms. The van der Waals surface area contributed by atoms with Gasteiger partial charge in [0.05, 0.1) is 40.0 Å². The highest BCUT2D eigenvalue weighted by atomic mass is 16.2. The lowest BCUT2D eigenvalue weighted by Gasteiger charge is -2.41. The van der Waals surface area contributed by atoms with Crippen molar-refractivity contribution in [1.29, 1.82) is 0 Å². The van der Waals surface area contributed by atoms with Crippen LogP contribution in [0.2, 0.25) is 0 Å². The molecule has 0 aromatic heterocycles. The van der Waals surface area contributed by atoms with Gasteiger partial charge in [-0.05, 0) is 36.5 Å². The molecule has 0 aromatic carbocycles. The number of amides is 6. The van der Waals surface area contributed by atoms with Gasteiger partial charge in [0.15, 0.2) is 0 Å². The molecule has 0 spiro atoms. The molecule has 2 saturated heterocycles. The normalized spacial score (nSPS) is 16.6. The molecule has 42 heavy (non-hydrogen) atoms. The maximum absolute atomic E-state index is 11.3. The summed E-state index contributed by atoms with van der Waals surface area (Å²) in [6.45, 7) is 21.5. The Hall–Kier alpha value is -4.98. The summed E-state index contributed by atoms with van der Waals surface area (Å²) in [7, 11) is 0. The topological polar surface area (TPSA) is 194 Å². The van der Waals surface area contributed by atoms with E-state index in [1.807, 2.05) is 0 Å². The fourth-order valence-electron chi connectivity index (χ4n) is 3.14. The number of nitrogens with zero attached hydrogens (tertiary/aromatic N) is 6. The van der Waals surface area contributed by atoms with Gasteiger partial charge in [0.2, 0.25) is 0 Å². The van der Waals surface area contributed by atoms with Gasteiger partial charge in [-0.2, -0.15) is 30.1 Å². The number of rotatable bonds is 12. The third kappa shape index (κ3) is 13.4. The molecule has 18 heteroatoms. The number of carbonyl (C=O) groups is 6. The zero-order valence-corrected chi connectivity index (χ0v) is 23.1. The minimum Gasteiger partial charge on any atom is -0.283 e. The van der Waals surface area contributed by atoms with Crippen molar-refractivity contribution in [3.63, 3.8) is 0 Å². The highest BCUT2D eigenvalue weighted by Crippen LogP contribution is 2.02. The fraction of sp³-hybridized carbons (Fsp3) is 0.250. The van der Waals surface area contributed by atoms with Crippen LogP contribution < -0.4 is 32.6 Å². The standard InChI is InChI=1S/2C12H18N6O3/c2*1-4-10(19)13-16-7-17(14-11(20)5-2)9-18(8-16)15-12(21)6-3/h2*4-6H,1-3,7-9H2,(H,13,19)(H,14,20)(H,15,21). The second kappa shape index (κ2) is 18.4. The molecule has 2 fully saturated rings. The molecule has 0 atom stereocenters. The van der Waals surface area contributed by atoms with Crippen LogP contribution in [-0.2, 0) is 28.8 Å². The van der Waals surface area contributed by atoms with Crippen molar-refractivity contribution >= 4 is 35.4 Å². The summed E-state index contributed by atoms with van der Waals surface area (Å²) >= 11 is 0. The van der Waals surface area contributed by atoms with Crippen molar-refractivity contribution in [3.8, 4) is 0 Å². The molecule has 0 radical (unpaired) electrons. The first-order chi connectivity index (χ1) is 20.0. The lowest BCUT2D eigenvalue weighted by molar-refractivity contribution is -0.148. The molecule has 0 aliphatic carbocycles. The summed E-state index contributed by atoms with van der Waals surface area (Å²) in [5.41, 5.74) is 15.3. The Morgan fingerprint density at radius 3 is 0.548 bits per heavy atom. The molecular formula is C24H36N12O6. The summed E-state index contributed by atoms with van der Waals surface area (Å²) in [5.74, 6) is -2.41. The van der Waals surface area contributed by atoms with Gasteiger partial charge in [0.25, 0.3) is 35.4 Å². The number of nitrogens with one attached hydrogen (secondary N) is 6. The van der Waals surface area contributed by atoms with Gasteiger partial charge in [0, 0.05) is 0 Å². The van der Waals surface area contributed by atoms with Crippen LogP contribution in [0, 0.1) is 0 Å². The minimum atomic E-state index is -0.401. The maximum Gasteiger partial charge on any atom is 0.257 e. The van der Waals surface area contributed by atoms with Crippen molar-refractivity contribution in [2.75, 3.05) is 40.0 Å². The smallest absolute Gasteiger partial charge is 0.257 e. The molecule has 2 rings (SSSR count). The highest BCUT2D eigenvalue weighted by molar-refractivity contribution is 5.88. The lowest BCUT2D eigenvalue weighted by Crippen LogP contribution is -2.66. The van der Waals surface area contributed by atoms with Gasteiger partial charge in [-0.15, -0.1) is 0 Å². The van der Waals surface area contributed by atoms with Crippen molar-refractivity contribution in [1.82, 2.24) is 62.6 Å². The van der Waals surface area contributed by atoms with Gasteiger partial charge < -0.3 is 0 Å². The van der Waals surface area contributed by atoms with Crippen LogP contribution in [0.5, 0.6) is 0 Å². The Kier molecular flexibility index (Phi) is 15.3. The Balaban J connectivity index is 0.000000420. The Morgan fingerprint density at radius 1 is 0.333 bits per heavy atom. The number of carbonyl (C=O) groups excluding carboxylic acids is 6. The van der Waals surface area contributed by atoms with Crippen LogP contribution in [0.3, 0.4) is 0 Å². The molecule has 18 nitrogen and oxygen atoms in total. The van der Waals surface area contributed by atoms with E-state index in [-0.39, 0.29) is 40.0 Å². The molecule has 6 N–H and O–H groups in total. The van der Waals surface area contributed by atoms with Gasteiger partial charge in [-0.1, -0.05) is 39.5 Å². The first-order valence-corrected chi connectivity index (χ1v) is 12.0. The highest BCUT2D eigenvalue weighted by Gasteiger charge is 2.27. The van der Waals surface area contributed by atoms with Crippen LogP contribution in [0.25, 0.3) is 0 Å². The SMILES string of the molecule is C=CC(=O)NN1CN(NC(=O)C=C)CN(NC(=O)C=C)C1.C=CC(=O)NN1CN(NC(=O)C=C)CN(NC(=O)C=C)C1. The average molecular weight is 589 g/mol. The second-order valence-electron chi connectivity index (χ2n) is 8.17. The van der Waals surface area contributed by atoms with E-state index in [4.69, 9.17) is 0 Å². The Bertz CT molecular complexity index is 867. The predicted octanol–water partition coefficient (Wildman–Crippen LogP) is -3.14. The summed E-state index contributed by atoms with van der Waals surface area (Å²) in [6.07, 6.45) is 6.71. The fourth-order valence-corrected chi connectivity index (χ4v) is 3.14. The number of hydrogen-bond acceptors (Lipinski definition) is 12. The van der Waals surface area contributed by atoms with Crippen molar-refractivity contribution in [3.05, 3.63) is 75.9 Å². The largest absolute Gasteiger partial charge is 0.283 e. The lowest BCUT2D eigenvalue weighted by atomic mass is 10.5. The monoisotopic (exact) mass is 588 g/mol. The van der Waals surface area contributed by atoms with Gasteiger partial charge in [0.1, 0.15) is 0 Å². The third-order valence-electron chi connectivity index (χ3n) is 4.77. The van der Waals surface area contributed by atoms with Crippen molar-refractivity contribution in [2.45, 2.75) is 0 Å². The quantitative estimate of drug-likeness (QED) is 0.126. The molecule has 228 valence electrons.